The SMILES string of the molecule is COCCc1ccc(Oc2cc(OC)c(N)cc2F)cc1. The van der Waals surface area contributed by atoms with E-state index < -0.39 is 5.82 Å². The Labute approximate surface area is 123 Å². The number of methoxy groups -OCH3 is 2. The zero-order valence-corrected chi connectivity index (χ0v) is 12.1. The average molecular weight is 291 g/mol. The molecule has 0 atom stereocenters. The summed E-state index contributed by atoms with van der Waals surface area (Å²) >= 11 is 0. The third-order valence-corrected chi connectivity index (χ3v) is 3.03. The summed E-state index contributed by atoms with van der Waals surface area (Å²) < 4.78 is 29.4. The lowest BCUT2D eigenvalue weighted by Crippen LogP contribution is -1.97. The summed E-state index contributed by atoms with van der Waals surface area (Å²) in [7, 11) is 3.13. The highest BCUT2D eigenvalue weighted by Crippen LogP contribution is 2.32. The molecule has 21 heavy (non-hydrogen) atoms. The molecule has 0 aliphatic carbocycles. The van der Waals surface area contributed by atoms with E-state index >= 15 is 0 Å². The fourth-order valence-corrected chi connectivity index (χ4v) is 1.88. The first-order chi connectivity index (χ1) is 10.1. The van der Waals surface area contributed by atoms with Gasteiger partial charge >= 0.3 is 0 Å². The molecule has 0 aromatic heterocycles. The minimum Gasteiger partial charge on any atom is -0.494 e. The van der Waals surface area contributed by atoms with Gasteiger partial charge in [-0.1, -0.05) is 12.1 Å². The minimum absolute atomic E-state index is 0.0747. The Morgan fingerprint density at radius 2 is 1.76 bits per heavy atom. The van der Waals surface area contributed by atoms with E-state index in [2.05, 4.69) is 0 Å². The first kappa shape index (κ1) is 15.1. The first-order valence-electron chi connectivity index (χ1n) is 6.52. The molecule has 112 valence electrons. The van der Waals surface area contributed by atoms with E-state index in [1.165, 1.54) is 19.2 Å². The summed E-state index contributed by atoms with van der Waals surface area (Å²) in [5, 5.41) is 0. The van der Waals surface area contributed by atoms with E-state index in [4.69, 9.17) is 19.9 Å². The number of nitrogen functional groups attached to an aromatic ring is 1. The van der Waals surface area contributed by atoms with Crippen LogP contribution in [0.15, 0.2) is 36.4 Å². The van der Waals surface area contributed by atoms with E-state index in [0.717, 1.165) is 12.0 Å². The van der Waals surface area contributed by atoms with Crippen molar-refractivity contribution < 1.29 is 18.6 Å². The van der Waals surface area contributed by atoms with Crippen molar-refractivity contribution >= 4 is 5.69 Å². The molecule has 0 amide bonds. The van der Waals surface area contributed by atoms with Gasteiger partial charge in [-0.3, -0.25) is 0 Å². The summed E-state index contributed by atoms with van der Waals surface area (Å²) in [6, 6.07) is 10.0. The molecular formula is C16H18FNO3. The van der Waals surface area contributed by atoms with Gasteiger partial charge in [0.05, 0.1) is 19.4 Å². The maximum absolute atomic E-state index is 13.8. The fourth-order valence-electron chi connectivity index (χ4n) is 1.88. The van der Waals surface area contributed by atoms with Crippen LogP contribution >= 0.6 is 0 Å². The van der Waals surface area contributed by atoms with Crippen molar-refractivity contribution in [2.75, 3.05) is 26.6 Å². The predicted molar refractivity (Wildman–Crippen MR) is 79.5 cm³/mol. The van der Waals surface area contributed by atoms with Gasteiger partial charge in [-0.15, -0.1) is 0 Å². The number of ether oxygens (including phenoxy) is 3. The second-order valence-electron chi connectivity index (χ2n) is 4.51. The molecule has 0 unspecified atom stereocenters. The van der Waals surface area contributed by atoms with Crippen molar-refractivity contribution in [3.8, 4) is 17.2 Å². The highest BCUT2D eigenvalue weighted by molar-refractivity contribution is 5.56. The lowest BCUT2D eigenvalue weighted by Gasteiger charge is -2.11. The highest BCUT2D eigenvalue weighted by atomic mass is 19.1. The molecule has 2 rings (SSSR count). The average Bonchev–Trinajstić information content (AvgIpc) is 2.49. The molecule has 0 bridgehead atoms. The zero-order valence-electron chi connectivity index (χ0n) is 12.1. The van der Waals surface area contributed by atoms with Crippen LogP contribution in [0.5, 0.6) is 17.2 Å². The molecule has 0 aliphatic heterocycles. The molecule has 0 saturated heterocycles. The van der Waals surface area contributed by atoms with E-state index in [1.54, 1.807) is 19.2 Å². The molecule has 0 spiro atoms. The zero-order chi connectivity index (χ0) is 15.2. The number of nitrogens with two attached hydrogens (primary N) is 1. The molecule has 0 saturated carbocycles. The van der Waals surface area contributed by atoms with Gasteiger partial charge in [-0.05, 0) is 24.1 Å². The lowest BCUT2D eigenvalue weighted by atomic mass is 10.1. The van der Waals surface area contributed by atoms with Gasteiger partial charge in [0.15, 0.2) is 11.6 Å². The number of halogens is 1. The van der Waals surface area contributed by atoms with Gasteiger partial charge < -0.3 is 19.9 Å². The van der Waals surface area contributed by atoms with Crippen molar-refractivity contribution in [1.29, 1.82) is 0 Å². The van der Waals surface area contributed by atoms with Crippen molar-refractivity contribution in [2.45, 2.75) is 6.42 Å². The molecule has 2 N–H and O–H groups in total. The largest absolute Gasteiger partial charge is 0.494 e. The molecule has 2 aromatic carbocycles. The number of anilines is 1. The van der Waals surface area contributed by atoms with Crippen LogP contribution in [0.4, 0.5) is 10.1 Å². The molecule has 0 fully saturated rings. The van der Waals surface area contributed by atoms with Crippen LogP contribution in [0.25, 0.3) is 0 Å². The Morgan fingerprint density at radius 3 is 2.38 bits per heavy atom. The number of hydrogen-bond acceptors (Lipinski definition) is 4. The summed E-state index contributed by atoms with van der Waals surface area (Å²) in [6.45, 7) is 0.657. The standard InChI is InChI=1S/C16H18FNO3/c1-19-8-7-11-3-5-12(6-4-11)21-15-10-16(20-2)14(18)9-13(15)17/h3-6,9-10H,7-8,18H2,1-2H3. The Hall–Kier alpha value is -2.27. The van der Waals surface area contributed by atoms with E-state index in [1.807, 2.05) is 12.1 Å². The Bertz CT molecular complexity index is 599. The fraction of sp³-hybridized carbons (Fsp3) is 0.250. The van der Waals surface area contributed by atoms with Crippen LogP contribution in [-0.2, 0) is 11.2 Å². The first-order valence-corrected chi connectivity index (χ1v) is 6.52. The quantitative estimate of drug-likeness (QED) is 0.829. The number of hydrogen-bond donors (Lipinski definition) is 1. The van der Waals surface area contributed by atoms with E-state index in [9.17, 15) is 4.39 Å². The number of rotatable bonds is 6. The maximum Gasteiger partial charge on any atom is 0.168 e. The van der Waals surface area contributed by atoms with Crippen molar-refractivity contribution in [2.24, 2.45) is 0 Å². The summed E-state index contributed by atoms with van der Waals surface area (Å²) in [5.41, 5.74) is 6.99. The highest BCUT2D eigenvalue weighted by Gasteiger charge is 2.10. The molecule has 2 aromatic rings. The lowest BCUT2D eigenvalue weighted by molar-refractivity contribution is 0.202. The van der Waals surface area contributed by atoms with Crippen LogP contribution in [0.1, 0.15) is 5.56 Å². The van der Waals surface area contributed by atoms with Gasteiger partial charge in [0.25, 0.3) is 0 Å². The van der Waals surface area contributed by atoms with Crippen LogP contribution in [0.2, 0.25) is 0 Å². The van der Waals surface area contributed by atoms with Crippen LogP contribution in [0.3, 0.4) is 0 Å². The van der Waals surface area contributed by atoms with Crippen LogP contribution < -0.4 is 15.2 Å². The third-order valence-electron chi connectivity index (χ3n) is 3.03. The summed E-state index contributed by atoms with van der Waals surface area (Å²) in [5.74, 6) is 0.465. The van der Waals surface area contributed by atoms with Gasteiger partial charge in [0, 0.05) is 19.2 Å². The van der Waals surface area contributed by atoms with Crippen LogP contribution in [0, 0.1) is 5.82 Å². The minimum atomic E-state index is -0.531. The topological polar surface area (TPSA) is 53.7 Å². The van der Waals surface area contributed by atoms with Crippen molar-refractivity contribution in [3.63, 3.8) is 0 Å². The summed E-state index contributed by atoms with van der Waals surface area (Å²) in [4.78, 5) is 0. The van der Waals surface area contributed by atoms with Crippen LogP contribution in [-0.4, -0.2) is 20.8 Å². The normalized spacial score (nSPS) is 10.4. The Balaban J connectivity index is 2.14. The molecule has 4 nitrogen and oxygen atoms in total. The van der Waals surface area contributed by atoms with E-state index in [0.29, 0.717) is 18.1 Å². The molecular weight excluding hydrogens is 273 g/mol. The molecule has 0 aliphatic rings. The second-order valence-corrected chi connectivity index (χ2v) is 4.51. The molecule has 0 radical (unpaired) electrons. The molecule has 5 heteroatoms. The molecule has 0 heterocycles. The Kier molecular flexibility index (Phi) is 5.00. The van der Waals surface area contributed by atoms with Crippen molar-refractivity contribution in [1.82, 2.24) is 0 Å². The maximum atomic E-state index is 13.8. The predicted octanol–water partition coefficient (Wildman–Crippen LogP) is 3.40. The van der Waals surface area contributed by atoms with Gasteiger partial charge in [0.2, 0.25) is 0 Å². The third kappa shape index (κ3) is 3.86. The smallest absolute Gasteiger partial charge is 0.168 e. The van der Waals surface area contributed by atoms with Gasteiger partial charge in [0.1, 0.15) is 11.5 Å². The van der Waals surface area contributed by atoms with E-state index in [-0.39, 0.29) is 11.4 Å². The van der Waals surface area contributed by atoms with Gasteiger partial charge in [-0.2, -0.15) is 0 Å². The number of benzene rings is 2. The van der Waals surface area contributed by atoms with Gasteiger partial charge in [-0.25, -0.2) is 4.39 Å². The van der Waals surface area contributed by atoms with Crippen molar-refractivity contribution in [3.05, 3.63) is 47.8 Å². The monoisotopic (exact) mass is 291 g/mol. The Morgan fingerprint density at radius 1 is 1.05 bits per heavy atom. The summed E-state index contributed by atoms with van der Waals surface area (Å²) in [6.07, 6.45) is 0.820. The second kappa shape index (κ2) is 6.95.